The van der Waals surface area contributed by atoms with E-state index in [0.717, 1.165) is 0 Å². The van der Waals surface area contributed by atoms with E-state index in [1.165, 1.54) is 18.2 Å². The van der Waals surface area contributed by atoms with Gasteiger partial charge in [-0.1, -0.05) is 28.1 Å². The zero-order valence-corrected chi connectivity index (χ0v) is 12.3. The number of nitrogens with two attached hydrogens (primary N) is 1. The fourth-order valence-corrected chi connectivity index (χ4v) is 2.43. The van der Waals surface area contributed by atoms with Crippen LogP contribution in [0.5, 0.6) is 5.75 Å². The van der Waals surface area contributed by atoms with Crippen LogP contribution in [0.1, 0.15) is 11.1 Å². The summed E-state index contributed by atoms with van der Waals surface area (Å²) in [5.41, 5.74) is 6.83. The van der Waals surface area contributed by atoms with Crippen LogP contribution in [0.15, 0.2) is 40.9 Å². The molecule has 0 saturated heterocycles. The van der Waals surface area contributed by atoms with Gasteiger partial charge >= 0.3 is 0 Å². The summed E-state index contributed by atoms with van der Waals surface area (Å²) in [6, 6.07) is 9.16. The van der Waals surface area contributed by atoms with E-state index in [2.05, 4.69) is 15.9 Å². The fraction of sp³-hybridized carbons (Fsp3) is 0.200. The third-order valence-corrected chi connectivity index (χ3v) is 3.23. The lowest BCUT2D eigenvalue weighted by Crippen LogP contribution is -2.07. The molecule has 0 aliphatic carbocycles. The Balaban J connectivity index is 2.18. The first kappa shape index (κ1) is 14.9. The predicted molar refractivity (Wildman–Crippen MR) is 77.6 cm³/mol. The van der Waals surface area contributed by atoms with Crippen LogP contribution in [-0.4, -0.2) is 6.54 Å². The van der Waals surface area contributed by atoms with E-state index >= 15 is 0 Å². The van der Waals surface area contributed by atoms with E-state index < -0.39 is 5.82 Å². The molecule has 2 aromatic rings. The molecule has 2 rings (SSSR count). The molecule has 106 valence electrons. The number of para-hydroxylation sites is 1. The molecule has 0 amide bonds. The molecule has 0 aliphatic heterocycles. The average Bonchev–Trinajstić information content (AvgIpc) is 2.37. The Morgan fingerprint density at radius 2 is 1.95 bits per heavy atom. The molecule has 0 bridgehead atoms. The average molecular weight is 342 g/mol. The molecule has 2 aromatic carbocycles. The van der Waals surface area contributed by atoms with Gasteiger partial charge in [-0.2, -0.15) is 0 Å². The monoisotopic (exact) mass is 341 g/mol. The van der Waals surface area contributed by atoms with Gasteiger partial charge in [-0.3, -0.25) is 0 Å². The van der Waals surface area contributed by atoms with Crippen molar-refractivity contribution >= 4 is 15.9 Å². The number of halogens is 3. The number of ether oxygens (including phenoxy) is 1. The Morgan fingerprint density at radius 1 is 1.15 bits per heavy atom. The molecular formula is C15H14BrF2NO. The molecule has 20 heavy (non-hydrogen) atoms. The van der Waals surface area contributed by atoms with E-state index in [0.29, 0.717) is 28.6 Å². The van der Waals surface area contributed by atoms with Crippen LogP contribution in [0.3, 0.4) is 0 Å². The Hall–Kier alpha value is -1.46. The van der Waals surface area contributed by atoms with Crippen LogP contribution in [0.25, 0.3) is 0 Å². The summed E-state index contributed by atoms with van der Waals surface area (Å²) >= 11 is 3.21. The SMILES string of the molecule is NCCc1cccc(F)c1OCc1cc(F)cc(Br)c1. The van der Waals surface area contributed by atoms with Gasteiger partial charge in [-0.15, -0.1) is 0 Å². The van der Waals surface area contributed by atoms with Gasteiger partial charge in [0.05, 0.1) is 0 Å². The zero-order chi connectivity index (χ0) is 14.5. The normalized spacial score (nSPS) is 10.6. The lowest BCUT2D eigenvalue weighted by atomic mass is 10.1. The molecule has 0 saturated carbocycles. The van der Waals surface area contributed by atoms with Crippen LogP contribution < -0.4 is 10.5 Å². The lowest BCUT2D eigenvalue weighted by Gasteiger charge is -2.12. The lowest BCUT2D eigenvalue weighted by molar-refractivity contribution is 0.286. The van der Waals surface area contributed by atoms with E-state index in [4.69, 9.17) is 10.5 Å². The van der Waals surface area contributed by atoms with E-state index in [1.807, 2.05) is 0 Å². The molecule has 0 unspecified atom stereocenters. The van der Waals surface area contributed by atoms with Gasteiger partial charge in [-0.05, 0) is 48.4 Å². The van der Waals surface area contributed by atoms with Crippen LogP contribution in [-0.2, 0) is 13.0 Å². The second-order valence-electron chi connectivity index (χ2n) is 4.33. The van der Waals surface area contributed by atoms with Gasteiger partial charge in [0.1, 0.15) is 12.4 Å². The van der Waals surface area contributed by atoms with Gasteiger partial charge in [0.25, 0.3) is 0 Å². The van der Waals surface area contributed by atoms with Crippen molar-refractivity contribution < 1.29 is 13.5 Å². The number of rotatable bonds is 5. The van der Waals surface area contributed by atoms with Gasteiger partial charge in [0.2, 0.25) is 0 Å². The first-order chi connectivity index (χ1) is 9.60. The Morgan fingerprint density at radius 3 is 2.65 bits per heavy atom. The minimum atomic E-state index is -0.439. The third kappa shape index (κ3) is 3.77. The molecule has 2 nitrogen and oxygen atoms in total. The fourth-order valence-electron chi connectivity index (χ4n) is 1.92. The van der Waals surface area contributed by atoms with Crippen molar-refractivity contribution in [2.24, 2.45) is 5.73 Å². The van der Waals surface area contributed by atoms with Gasteiger partial charge in [0.15, 0.2) is 11.6 Å². The summed E-state index contributed by atoms with van der Waals surface area (Å²) in [5, 5.41) is 0. The standard InChI is InChI=1S/C15H14BrF2NO/c16-12-6-10(7-13(17)8-12)9-20-15-11(4-5-19)2-1-3-14(15)18/h1-3,6-8H,4-5,9,19H2. The molecule has 0 atom stereocenters. The molecule has 0 radical (unpaired) electrons. The molecular weight excluding hydrogens is 328 g/mol. The maximum absolute atomic E-state index is 13.8. The minimum Gasteiger partial charge on any atom is -0.486 e. The highest BCUT2D eigenvalue weighted by atomic mass is 79.9. The van der Waals surface area contributed by atoms with Crippen LogP contribution in [0, 0.1) is 11.6 Å². The Labute approximate surface area is 124 Å². The molecule has 0 fully saturated rings. The van der Waals surface area contributed by atoms with E-state index in [-0.39, 0.29) is 18.2 Å². The minimum absolute atomic E-state index is 0.0921. The summed E-state index contributed by atoms with van der Waals surface area (Å²) < 4.78 is 33.2. The Kier molecular flexibility index (Phi) is 5.09. The summed E-state index contributed by atoms with van der Waals surface area (Å²) in [7, 11) is 0. The maximum Gasteiger partial charge on any atom is 0.165 e. The number of hydrogen-bond donors (Lipinski definition) is 1. The van der Waals surface area contributed by atoms with E-state index in [9.17, 15) is 8.78 Å². The zero-order valence-electron chi connectivity index (χ0n) is 10.7. The highest BCUT2D eigenvalue weighted by Crippen LogP contribution is 2.25. The molecule has 2 N–H and O–H groups in total. The smallest absolute Gasteiger partial charge is 0.165 e. The second kappa shape index (κ2) is 6.81. The predicted octanol–water partition coefficient (Wildman–Crippen LogP) is 3.81. The largest absolute Gasteiger partial charge is 0.486 e. The van der Waals surface area contributed by atoms with Gasteiger partial charge in [0, 0.05) is 4.47 Å². The highest BCUT2D eigenvalue weighted by molar-refractivity contribution is 9.10. The van der Waals surface area contributed by atoms with Crippen LogP contribution >= 0.6 is 15.9 Å². The summed E-state index contributed by atoms with van der Waals surface area (Å²) in [5.74, 6) is -0.626. The van der Waals surface area contributed by atoms with Gasteiger partial charge in [-0.25, -0.2) is 8.78 Å². The van der Waals surface area contributed by atoms with Crippen molar-refractivity contribution in [1.29, 1.82) is 0 Å². The highest BCUT2D eigenvalue weighted by Gasteiger charge is 2.10. The number of benzene rings is 2. The third-order valence-electron chi connectivity index (χ3n) is 2.77. The molecule has 0 spiro atoms. The maximum atomic E-state index is 13.8. The van der Waals surface area contributed by atoms with Crippen molar-refractivity contribution in [3.8, 4) is 5.75 Å². The topological polar surface area (TPSA) is 35.2 Å². The van der Waals surface area contributed by atoms with Crippen molar-refractivity contribution in [2.45, 2.75) is 13.0 Å². The van der Waals surface area contributed by atoms with Crippen molar-refractivity contribution in [3.05, 3.63) is 63.6 Å². The molecule has 0 aromatic heterocycles. The Bertz CT molecular complexity index is 584. The summed E-state index contributed by atoms with van der Waals surface area (Å²) in [6.07, 6.45) is 0.528. The van der Waals surface area contributed by atoms with Gasteiger partial charge < -0.3 is 10.5 Å². The number of hydrogen-bond acceptors (Lipinski definition) is 2. The second-order valence-corrected chi connectivity index (χ2v) is 5.25. The quantitative estimate of drug-likeness (QED) is 0.897. The molecule has 5 heteroatoms. The van der Waals surface area contributed by atoms with Crippen LogP contribution in [0.2, 0.25) is 0 Å². The molecule has 0 heterocycles. The first-order valence-corrected chi connectivity index (χ1v) is 6.94. The van der Waals surface area contributed by atoms with Crippen LogP contribution in [0.4, 0.5) is 8.78 Å². The van der Waals surface area contributed by atoms with Crippen molar-refractivity contribution in [2.75, 3.05) is 6.54 Å². The van der Waals surface area contributed by atoms with Crippen molar-refractivity contribution in [3.63, 3.8) is 0 Å². The molecule has 0 aliphatic rings. The summed E-state index contributed by atoms with van der Waals surface area (Å²) in [4.78, 5) is 0. The van der Waals surface area contributed by atoms with E-state index in [1.54, 1.807) is 18.2 Å². The van der Waals surface area contributed by atoms with Crippen molar-refractivity contribution in [1.82, 2.24) is 0 Å². The summed E-state index contributed by atoms with van der Waals surface area (Å²) in [6.45, 7) is 0.500. The first-order valence-electron chi connectivity index (χ1n) is 6.15.